The molecule has 280 valence electrons. The van der Waals surface area contributed by atoms with E-state index in [0.717, 1.165) is 16.1 Å². The van der Waals surface area contributed by atoms with Gasteiger partial charge >= 0.3 is 0 Å². The van der Waals surface area contributed by atoms with E-state index in [1.54, 1.807) is 11.3 Å². The van der Waals surface area contributed by atoms with E-state index in [2.05, 4.69) is 204 Å². The van der Waals surface area contributed by atoms with Gasteiger partial charge in [-0.15, -0.1) is 11.3 Å². The highest BCUT2D eigenvalue weighted by molar-refractivity contribution is 7.21. The van der Waals surface area contributed by atoms with Gasteiger partial charge in [0.05, 0.1) is 10.2 Å². The van der Waals surface area contributed by atoms with Crippen molar-refractivity contribution < 1.29 is 0 Å². The van der Waals surface area contributed by atoms with Gasteiger partial charge < -0.3 is 0 Å². The fourth-order valence-corrected chi connectivity index (χ4v) is 11.5. The molecule has 9 aromatic carbocycles. The second kappa shape index (κ2) is 12.4. The maximum absolute atomic E-state index is 4.98. The maximum atomic E-state index is 4.98. The predicted octanol–water partition coefficient (Wildman–Crippen LogP) is 15.9. The molecule has 0 aliphatic heterocycles. The first-order valence-electron chi connectivity index (χ1n) is 20.7. The van der Waals surface area contributed by atoms with Crippen LogP contribution in [0.15, 0.2) is 176 Å². The summed E-state index contributed by atoms with van der Waals surface area (Å²) in [6.45, 7) is 9.50. The smallest absolute Gasteiger partial charge is 0.124 e. The summed E-state index contributed by atoms with van der Waals surface area (Å²) >= 11 is 1.75. The Morgan fingerprint density at radius 3 is 1.47 bits per heavy atom. The first-order valence-corrected chi connectivity index (χ1v) is 21.5. The van der Waals surface area contributed by atoms with E-state index < -0.39 is 0 Å². The minimum atomic E-state index is -0.0988. The number of fused-ring (bicyclic) bond motifs is 9. The summed E-state index contributed by atoms with van der Waals surface area (Å²) in [7, 11) is 0. The zero-order valence-corrected chi connectivity index (χ0v) is 34.4. The van der Waals surface area contributed by atoms with Crippen LogP contribution >= 0.6 is 11.3 Å². The van der Waals surface area contributed by atoms with E-state index in [1.807, 2.05) is 0 Å². The molecule has 2 aliphatic carbocycles. The number of para-hydroxylation sites is 1. The monoisotopic (exact) mass is 771 g/mol. The molecule has 0 atom stereocenters. The molecule has 12 rings (SSSR count). The van der Waals surface area contributed by atoms with Crippen molar-refractivity contribution >= 4 is 43.1 Å². The lowest BCUT2D eigenvalue weighted by atomic mass is 9.80. The van der Waals surface area contributed by atoms with E-state index >= 15 is 0 Å². The van der Waals surface area contributed by atoms with Crippen LogP contribution in [-0.2, 0) is 10.8 Å². The largest absolute Gasteiger partial charge is 0.236 e. The van der Waals surface area contributed by atoms with Crippen LogP contribution in [0.5, 0.6) is 0 Å². The van der Waals surface area contributed by atoms with E-state index in [0.29, 0.717) is 0 Å². The highest BCUT2D eigenvalue weighted by Crippen LogP contribution is 2.53. The molecule has 0 radical (unpaired) electrons. The molecule has 10 aromatic rings. The molecule has 0 amide bonds. The van der Waals surface area contributed by atoms with Crippen LogP contribution in [0, 0.1) is 0 Å². The SMILES string of the molecule is CC1(C)c2ccccc2-c2ccc(-c3ccc4c(-c5ccc(-c6nc7ccccc7s6)cc5)c5ccccc5c(-c5ccc6c(c5)C(C)(C)c5ccccc5-6)c4c3)cc21. The molecule has 2 aliphatic rings. The Morgan fingerprint density at radius 1 is 0.356 bits per heavy atom. The summed E-state index contributed by atoms with van der Waals surface area (Å²) in [6, 6.07) is 66.0. The van der Waals surface area contributed by atoms with Crippen molar-refractivity contribution in [1.29, 1.82) is 0 Å². The van der Waals surface area contributed by atoms with Gasteiger partial charge in [0.1, 0.15) is 5.01 Å². The van der Waals surface area contributed by atoms with Gasteiger partial charge in [-0.1, -0.05) is 173 Å². The maximum Gasteiger partial charge on any atom is 0.124 e. The molecule has 0 unspecified atom stereocenters. The Hall–Kier alpha value is -6.61. The minimum absolute atomic E-state index is 0.0698. The van der Waals surface area contributed by atoms with Crippen molar-refractivity contribution in [3.63, 3.8) is 0 Å². The number of aromatic nitrogens is 1. The summed E-state index contributed by atoms with van der Waals surface area (Å²) < 4.78 is 1.21. The Kier molecular flexibility index (Phi) is 7.26. The number of rotatable bonds is 4. The number of thiazole rings is 1. The van der Waals surface area contributed by atoms with Gasteiger partial charge in [-0.05, 0) is 130 Å². The summed E-state index contributed by atoms with van der Waals surface area (Å²) in [6.07, 6.45) is 0. The van der Waals surface area contributed by atoms with Gasteiger partial charge in [0, 0.05) is 16.4 Å². The van der Waals surface area contributed by atoms with Crippen molar-refractivity contribution in [2.75, 3.05) is 0 Å². The van der Waals surface area contributed by atoms with Crippen LogP contribution in [0.1, 0.15) is 49.9 Å². The molecule has 0 bridgehead atoms. The van der Waals surface area contributed by atoms with Crippen molar-refractivity contribution in [1.82, 2.24) is 4.98 Å². The van der Waals surface area contributed by atoms with E-state index in [-0.39, 0.29) is 10.8 Å². The second-order valence-electron chi connectivity index (χ2n) is 17.5. The van der Waals surface area contributed by atoms with Crippen molar-refractivity contribution in [3.05, 3.63) is 198 Å². The van der Waals surface area contributed by atoms with Gasteiger partial charge in [-0.3, -0.25) is 0 Å². The molecule has 1 heterocycles. The summed E-state index contributed by atoms with van der Waals surface area (Å²) in [5.41, 5.74) is 20.5. The Bertz CT molecular complexity index is 3340. The minimum Gasteiger partial charge on any atom is -0.236 e. The van der Waals surface area contributed by atoms with E-state index in [9.17, 15) is 0 Å². The number of nitrogens with zero attached hydrogens (tertiary/aromatic N) is 1. The van der Waals surface area contributed by atoms with Crippen LogP contribution in [0.25, 0.3) is 98.0 Å². The average Bonchev–Trinajstić information content (AvgIpc) is 3.88. The predicted molar refractivity (Wildman–Crippen MR) is 252 cm³/mol. The van der Waals surface area contributed by atoms with Crippen LogP contribution in [0.4, 0.5) is 0 Å². The molecule has 0 fully saturated rings. The summed E-state index contributed by atoms with van der Waals surface area (Å²) in [4.78, 5) is 4.98. The van der Waals surface area contributed by atoms with Gasteiger partial charge in [0.25, 0.3) is 0 Å². The molecule has 0 saturated carbocycles. The van der Waals surface area contributed by atoms with Gasteiger partial charge in [0.2, 0.25) is 0 Å². The number of hydrogen-bond donors (Lipinski definition) is 0. The summed E-state index contributed by atoms with van der Waals surface area (Å²) in [5, 5.41) is 6.10. The highest BCUT2D eigenvalue weighted by atomic mass is 32.1. The Balaban J connectivity index is 1.09. The standard InChI is InChI=1S/C57H41NS/c1-56(2)47-17-9-7-13-39(47)41-28-25-37(32-49(41)56)36-26-30-45-46(31-36)54(38-27-29-42-40-14-8-10-18-48(40)57(3,4)50(42)33-38)44-16-6-5-15-43(44)53(45)34-21-23-35(24-22-34)55-58-51-19-11-12-20-52(51)59-55/h5-33H,1-4H3. The van der Waals surface area contributed by atoms with Crippen molar-refractivity contribution in [2.45, 2.75) is 38.5 Å². The topological polar surface area (TPSA) is 12.9 Å². The quantitative estimate of drug-likeness (QED) is 0.162. The molecular weight excluding hydrogens is 731 g/mol. The normalized spacial score (nSPS) is 14.4. The molecule has 59 heavy (non-hydrogen) atoms. The third-order valence-electron chi connectivity index (χ3n) is 13.5. The zero-order valence-electron chi connectivity index (χ0n) is 33.6. The fraction of sp³-hybridized carbons (Fsp3) is 0.105. The van der Waals surface area contributed by atoms with Gasteiger partial charge in [0.15, 0.2) is 0 Å². The van der Waals surface area contributed by atoms with Crippen LogP contribution in [0.2, 0.25) is 0 Å². The zero-order chi connectivity index (χ0) is 39.6. The molecule has 1 nitrogen and oxygen atoms in total. The summed E-state index contributed by atoms with van der Waals surface area (Å²) in [5.74, 6) is 0. The molecule has 0 spiro atoms. The van der Waals surface area contributed by atoms with Crippen molar-refractivity contribution in [2.24, 2.45) is 0 Å². The lowest BCUT2D eigenvalue weighted by Crippen LogP contribution is -2.14. The number of benzene rings is 9. The first kappa shape index (κ1) is 34.4. The van der Waals surface area contributed by atoms with Crippen molar-refractivity contribution in [3.8, 4) is 66.2 Å². The lowest BCUT2D eigenvalue weighted by Gasteiger charge is -2.23. The van der Waals surface area contributed by atoms with Gasteiger partial charge in [-0.2, -0.15) is 0 Å². The van der Waals surface area contributed by atoms with Crippen LogP contribution in [0.3, 0.4) is 0 Å². The Morgan fingerprint density at radius 2 is 0.814 bits per heavy atom. The van der Waals surface area contributed by atoms with Crippen LogP contribution in [-0.4, -0.2) is 4.98 Å². The van der Waals surface area contributed by atoms with Crippen LogP contribution < -0.4 is 0 Å². The van der Waals surface area contributed by atoms with Gasteiger partial charge in [-0.25, -0.2) is 4.98 Å². The molecule has 2 heteroatoms. The molecule has 0 saturated heterocycles. The molecular formula is C57H41NS. The first-order chi connectivity index (χ1) is 28.8. The number of hydrogen-bond acceptors (Lipinski definition) is 2. The Labute approximate surface area is 349 Å². The lowest BCUT2D eigenvalue weighted by molar-refractivity contribution is 0.660. The van der Waals surface area contributed by atoms with E-state index in [1.165, 1.54) is 104 Å². The second-order valence-corrected chi connectivity index (χ2v) is 18.5. The molecule has 0 N–H and O–H groups in total. The average molecular weight is 772 g/mol. The van der Waals surface area contributed by atoms with E-state index in [4.69, 9.17) is 4.98 Å². The highest BCUT2D eigenvalue weighted by Gasteiger charge is 2.37. The molecule has 1 aromatic heterocycles. The third kappa shape index (κ3) is 5.00. The fourth-order valence-electron chi connectivity index (χ4n) is 10.5. The third-order valence-corrected chi connectivity index (χ3v) is 14.6.